The smallest absolute Gasteiger partial charge is 0.341 e. The van der Waals surface area contributed by atoms with Gasteiger partial charge in [0, 0.05) is 17.0 Å². The molecule has 1 N–H and O–H groups in total. The first-order valence-corrected chi connectivity index (χ1v) is 12.2. The molecule has 0 saturated heterocycles. The third kappa shape index (κ3) is 5.46. The predicted molar refractivity (Wildman–Crippen MR) is 135 cm³/mol. The summed E-state index contributed by atoms with van der Waals surface area (Å²) in [4.78, 5) is 15.9. The van der Waals surface area contributed by atoms with Crippen LogP contribution in [0.5, 0.6) is 5.75 Å². The third-order valence-corrected chi connectivity index (χ3v) is 6.71. The lowest BCUT2D eigenvalue weighted by Gasteiger charge is -2.29. The standard InChI is InChI=1S/C30H29NO4/c32-27(33)20-34-25-16-9-10-21(19-25)18-24-15-7-8-17-26(24)30-31-28(22-11-3-1-4-12-22)29(35-30)23-13-5-2-6-14-23/h1-6,9-14,16,19,24,26H,7-8,15,17-18,20H2,(H,32,33)/t24-,26-/m1/s1. The average molecular weight is 468 g/mol. The van der Waals surface area contributed by atoms with E-state index in [4.69, 9.17) is 19.2 Å². The van der Waals surface area contributed by atoms with Crippen molar-refractivity contribution in [2.75, 3.05) is 6.61 Å². The minimum absolute atomic E-state index is 0.229. The van der Waals surface area contributed by atoms with Crippen LogP contribution in [-0.2, 0) is 11.2 Å². The second kappa shape index (κ2) is 10.6. The van der Waals surface area contributed by atoms with Crippen molar-refractivity contribution in [1.29, 1.82) is 0 Å². The molecule has 2 atom stereocenters. The molecule has 1 aliphatic rings. The lowest BCUT2D eigenvalue weighted by Crippen LogP contribution is -2.20. The summed E-state index contributed by atoms with van der Waals surface area (Å²) in [6.07, 6.45) is 5.37. The van der Waals surface area contributed by atoms with Crippen LogP contribution in [0.3, 0.4) is 0 Å². The van der Waals surface area contributed by atoms with Gasteiger partial charge in [0.15, 0.2) is 18.3 Å². The molecule has 1 aliphatic carbocycles. The van der Waals surface area contributed by atoms with Gasteiger partial charge in [-0.3, -0.25) is 0 Å². The number of carboxylic acids is 1. The van der Waals surface area contributed by atoms with E-state index in [2.05, 4.69) is 30.3 Å². The Kier molecular flexibility index (Phi) is 6.94. The van der Waals surface area contributed by atoms with E-state index in [-0.39, 0.29) is 12.5 Å². The number of benzene rings is 3. The zero-order valence-corrected chi connectivity index (χ0v) is 19.6. The highest BCUT2D eigenvalue weighted by Crippen LogP contribution is 2.43. The third-order valence-electron chi connectivity index (χ3n) is 6.71. The number of rotatable bonds is 8. The molecule has 0 aliphatic heterocycles. The van der Waals surface area contributed by atoms with Crippen molar-refractivity contribution in [3.63, 3.8) is 0 Å². The van der Waals surface area contributed by atoms with E-state index < -0.39 is 5.97 Å². The summed E-state index contributed by atoms with van der Waals surface area (Å²) >= 11 is 0. The van der Waals surface area contributed by atoms with E-state index in [1.807, 2.05) is 48.5 Å². The molecule has 1 heterocycles. The summed E-state index contributed by atoms with van der Waals surface area (Å²) in [5.41, 5.74) is 4.11. The van der Waals surface area contributed by atoms with Gasteiger partial charge in [-0.05, 0) is 42.9 Å². The van der Waals surface area contributed by atoms with Crippen LogP contribution in [0.2, 0.25) is 0 Å². The number of carboxylic acid groups (broad SMARTS) is 1. The average Bonchev–Trinajstić information content (AvgIpc) is 3.34. The molecule has 5 nitrogen and oxygen atoms in total. The minimum Gasteiger partial charge on any atom is -0.482 e. The number of nitrogens with zero attached hydrogens (tertiary/aromatic N) is 1. The molecule has 0 radical (unpaired) electrons. The molecule has 5 rings (SSSR count). The Labute approximate surface area is 205 Å². The number of hydrogen-bond acceptors (Lipinski definition) is 4. The number of ether oxygens (including phenoxy) is 1. The Hall–Kier alpha value is -3.86. The molecule has 3 aromatic carbocycles. The summed E-state index contributed by atoms with van der Waals surface area (Å²) in [6, 6.07) is 28.2. The second-order valence-electron chi connectivity index (χ2n) is 9.15. The van der Waals surface area contributed by atoms with Gasteiger partial charge in [0.25, 0.3) is 0 Å². The molecule has 4 aromatic rings. The van der Waals surface area contributed by atoms with E-state index >= 15 is 0 Å². The van der Waals surface area contributed by atoms with Crippen molar-refractivity contribution in [2.45, 2.75) is 38.0 Å². The monoisotopic (exact) mass is 467 g/mol. The fourth-order valence-electron chi connectivity index (χ4n) is 5.06. The summed E-state index contributed by atoms with van der Waals surface area (Å²) < 4.78 is 11.9. The molecule has 0 amide bonds. The Balaban J connectivity index is 1.45. The van der Waals surface area contributed by atoms with Gasteiger partial charge in [-0.25, -0.2) is 9.78 Å². The maximum absolute atomic E-state index is 10.9. The quantitative estimate of drug-likeness (QED) is 0.302. The van der Waals surface area contributed by atoms with Crippen LogP contribution in [0.25, 0.3) is 22.6 Å². The number of oxazole rings is 1. The predicted octanol–water partition coefficient (Wildman–Crippen LogP) is 6.99. The van der Waals surface area contributed by atoms with Crippen LogP contribution in [0.15, 0.2) is 89.3 Å². The van der Waals surface area contributed by atoms with Gasteiger partial charge in [-0.1, -0.05) is 85.6 Å². The summed E-state index contributed by atoms with van der Waals surface area (Å²) in [5, 5.41) is 8.91. The van der Waals surface area contributed by atoms with Crippen molar-refractivity contribution >= 4 is 5.97 Å². The first kappa shape index (κ1) is 22.9. The van der Waals surface area contributed by atoms with Crippen molar-refractivity contribution in [1.82, 2.24) is 4.98 Å². The normalized spacial score (nSPS) is 17.7. The van der Waals surface area contributed by atoms with Gasteiger partial charge < -0.3 is 14.3 Å². The lowest BCUT2D eigenvalue weighted by atomic mass is 9.76. The highest BCUT2D eigenvalue weighted by Gasteiger charge is 2.32. The molecule has 0 unspecified atom stereocenters. The van der Waals surface area contributed by atoms with E-state index in [1.54, 1.807) is 6.07 Å². The Morgan fingerprint density at radius 1 is 0.914 bits per heavy atom. The summed E-state index contributed by atoms with van der Waals surface area (Å²) in [5.74, 6) is 1.86. The maximum Gasteiger partial charge on any atom is 0.341 e. The minimum atomic E-state index is -0.977. The molecular weight excluding hydrogens is 438 g/mol. The highest BCUT2D eigenvalue weighted by molar-refractivity contribution is 5.76. The zero-order chi connectivity index (χ0) is 24.0. The van der Waals surface area contributed by atoms with Crippen molar-refractivity contribution in [2.24, 2.45) is 5.92 Å². The van der Waals surface area contributed by atoms with E-state index in [9.17, 15) is 4.79 Å². The molecule has 5 heteroatoms. The Morgan fingerprint density at radius 3 is 2.37 bits per heavy atom. The lowest BCUT2D eigenvalue weighted by molar-refractivity contribution is -0.139. The molecular formula is C30H29NO4. The van der Waals surface area contributed by atoms with Crippen LogP contribution in [0.1, 0.15) is 43.1 Å². The molecule has 0 bridgehead atoms. The maximum atomic E-state index is 10.9. The SMILES string of the molecule is O=C(O)COc1cccc(C[C@H]2CCCC[C@H]2c2nc(-c3ccccc3)c(-c3ccccc3)o2)c1. The number of aromatic nitrogens is 1. The fraction of sp³-hybridized carbons (Fsp3) is 0.267. The van der Waals surface area contributed by atoms with Gasteiger partial charge in [-0.15, -0.1) is 0 Å². The molecule has 0 spiro atoms. The van der Waals surface area contributed by atoms with Gasteiger partial charge in [-0.2, -0.15) is 0 Å². The summed E-state index contributed by atoms with van der Waals surface area (Å²) in [7, 11) is 0. The van der Waals surface area contributed by atoms with Crippen molar-refractivity contribution in [3.05, 3.63) is 96.4 Å². The number of aliphatic carboxylic acids is 1. The van der Waals surface area contributed by atoms with Crippen LogP contribution < -0.4 is 4.74 Å². The van der Waals surface area contributed by atoms with Gasteiger partial charge in [0.2, 0.25) is 0 Å². The number of carbonyl (C=O) groups is 1. The van der Waals surface area contributed by atoms with Crippen molar-refractivity contribution in [3.8, 4) is 28.3 Å². The largest absolute Gasteiger partial charge is 0.482 e. The van der Waals surface area contributed by atoms with E-state index in [0.29, 0.717) is 11.7 Å². The Bertz CT molecular complexity index is 1210. The first-order chi connectivity index (χ1) is 17.2. The number of hydrogen-bond donors (Lipinski definition) is 1. The van der Waals surface area contributed by atoms with Crippen LogP contribution >= 0.6 is 0 Å². The second-order valence-corrected chi connectivity index (χ2v) is 9.15. The van der Waals surface area contributed by atoms with Gasteiger partial charge in [0.1, 0.15) is 11.4 Å². The fourth-order valence-corrected chi connectivity index (χ4v) is 5.06. The van der Waals surface area contributed by atoms with E-state index in [0.717, 1.165) is 59.7 Å². The van der Waals surface area contributed by atoms with Crippen LogP contribution in [0, 0.1) is 5.92 Å². The molecule has 1 saturated carbocycles. The zero-order valence-electron chi connectivity index (χ0n) is 19.6. The van der Waals surface area contributed by atoms with Gasteiger partial charge >= 0.3 is 5.97 Å². The Morgan fingerprint density at radius 2 is 1.63 bits per heavy atom. The van der Waals surface area contributed by atoms with Crippen molar-refractivity contribution < 1.29 is 19.1 Å². The molecule has 1 fully saturated rings. The molecule has 1 aromatic heterocycles. The van der Waals surface area contributed by atoms with Gasteiger partial charge in [0.05, 0.1) is 0 Å². The van der Waals surface area contributed by atoms with E-state index in [1.165, 1.54) is 6.42 Å². The summed E-state index contributed by atoms with van der Waals surface area (Å²) in [6.45, 7) is -0.337. The molecule has 35 heavy (non-hydrogen) atoms. The topological polar surface area (TPSA) is 72.6 Å². The highest BCUT2D eigenvalue weighted by atomic mass is 16.5. The molecule has 178 valence electrons. The van der Waals surface area contributed by atoms with Crippen LogP contribution in [-0.4, -0.2) is 22.7 Å². The van der Waals surface area contributed by atoms with Crippen LogP contribution in [0.4, 0.5) is 0 Å². The first-order valence-electron chi connectivity index (χ1n) is 12.2.